The van der Waals surface area contributed by atoms with Gasteiger partial charge in [0.25, 0.3) is 11.6 Å². The molecule has 3 rings (SSSR count). The predicted molar refractivity (Wildman–Crippen MR) is 97.5 cm³/mol. The molecule has 0 aromatic heterocycles. The molecule has 4 atom stereocenters. The van der Waals surface area contributed by atoms with Crippen LogP contribution in [0.15, 0.2) is 24.3 Å². The number of fused-ring (bicyclic) bond motifs is 1. The van der Waals surface area contributed by atoms with Crippen molar-refractivity contribution in [1.29, 1.82) is 0 Å². The van der Waals surface area contributed by atoms with E-state index in [1.807, 2.05) is 0 Å². The maximum absolute atomic E-state index is 13.3. The van der Waals surface area contributed by atoms with Crippen LogP contribution in [0.2, 0.25) is 0 Å². The minimum Gasteiger partial charge on any atom is -0.332 e. The van der Waals surface area contributed by atoms with E-state index in [9.17, 15) is 14.9 Å². The lowest BCUT2D eigenvalue weighted by atomic mass is 9.70. The fourth-order valence-corrected chi connectivity index (χ4v) is 4.88. The molecule has 1 aromatic rings. The number of piperidine rings is 1. The molecule has 0 unspecified atom stereocenters. The molecule has 1 aliphatic carbocycles. The number of likely N-dealkylation sites (tertiary alicyclic amines) is 1. The summed E-state index contributed by atoms with van der Waals surface area (Å²) in [5, 5.41) is 10.9. The Morgan fingerprint density at radius 3 is 2.56 bits per heavy atom. The predicted octanol–water partition coefficient (Wildman–Crippen LogP) is 4.80. The lowest BCUT2D eigenvalue weighted by molar-refractivity contribution is -0.384. The zero-order valence-corrected chi connectivity index (χ0v) is 15.2. The lowest BCUT2D eigenvalue weighted by Gasteiger charge is -2.51. The van der Waals surface area contributed by atoms with Gasteiger partial charge in [-0.05, 0) is 49.7 Å². The number of nitro groups is 1. The van der Waals surface area contributed by atoms with Gasteiger partial charge in [0.1, 0.15) is 0 Å². The van der Waals surface area contributed by atoms with E-state index in [-0.39, 0.29) is 11.6 Å². The van der Waals surface area contributed by atoms with Crippen LogP contribution in [0.4, 0.5) is 5.69 Å². The summed E-state index contributed by atoms with van der Waals surface area (Å²) in [6.45, 7) is 4.50. The number of benzene rings is 1. The van der Waals surface area contributed by atoms with Gasteiger partial charge in [-0.2, -0.15) is 0 Å². The highest BCUT2D eigenvalue weighted by Crippen LogP contribution is 2.42. The number of rotatable bonds is 4. The summed E-state index contributed by atoms with van der Waals surface area (Å²) in [6, 6.07) is 6.73. The second-order valence-corrected chi connectivity index (χ2v) is 7.68. The number of carbonyl (C=O) groups is 1. The summed E-state index contributed by atoms with van der Waals surface area (Å²) >= 11 is 0. The summed E-state index contributed by atoms with van der Waals surface area (Å²) in [5.41, 5.74) is 0.607. The molecule has 1 aliphatic heterocycles. The zero-order valence-electron chi connectivity index (χ0n) is 15.2. The maximum atomic E-state index is 13.3. The van der Waals surface area contributed by atoms with Gasteiger partial charge in [-0.25, -0.2) is 0 Å². The maximum Gasteiger partial charge on any atom is 0.269 e. The third-order valence-corrected chi connectivity index (χ3v) is 6.15. The molecule has 136 valence electrons. The molecular formula is C20H28N2O3. The van der Waals surface area contributed by atoms with Crippen LogP contribution in [-0.2, 0) is 0 Å². The summed E-state index contributed by atoms with van der Waals surface area (Å²) in [7, 11) is 0. The summed E-state index contributed by atoms with van der Waals surface area (Å²) in [4.78, 5) is 25.9. The highest BCUT2D eigenvalue weighted by atomic mass is 16.6. The highest BCUT2D eigenvalue weighted by molar-refractivity contribution is 5.95. The first-order valence-electron chi connectivity index (χ1n) is 9.60. The van der Waals surface area contributed by atoms with Crippen molar-refractivity contribution in [3.05, 3.63) is 39.9 Å². The van der Waals surface area contributed by atoms with E-state index >= 15 is 0 Å². The molecule has 2 aliphatic rings. The van der Waals surface area contributed by atoms with Gasteiger partial charge in [0.05, 0.1) is 4.92 Å². The number of nitrogens with zero attached hydrogens (tertiary/aromatic N) is 2. The Kier molecular flexibility index (Phi) is 5.40. The third-order valence-electron chi connectivity index (χ3n) is 6.15. The molecule has 1 saturated heterocycles. The van der Waals surface area contributed by atoms with Crippen molar-refractivity contribution in [1.82, 2.24) is 4.90 Å². The van der Waals surface area contributed by atoms with E-state index in [4.69, 9.17) is 0 Å². The molecule has 5 nitrogen and oxygen atoms in total. The number of hydrogen-bond acceptors (Lipinski definition) is 3. The Morgan fingerprint density at radius 2 is 1.92 bits per heavy atom. The smallest absolute Gasteiger partial charge is 0.269 e. The van der Waals surface area contributed by atoms with Crippen molar-refractivity contribution < 1.29 is 9.72 Å². The monoisotopic (exact) mass is 344 g/mol. The number of nitro benzene ring substituents is 1. The number of hydrogen-bond donors (Lipinski definition) is 0. The van der Waals surface area contributed by atoms with Gasteiger partial charge in [0, 0.05) is 29.8 Å². The first-order valence-corrected chi connectivity index (χ1v) is 9.60. The Morgan fingerprint density at radius 1 is 1.20 bits per heavy atom. The molecule has 0 N–H and O–H groups in total. The molecule has 1 heterocycles. The van der Waals surface area contributed by atoms with Crippen LogP contribution in [0.25, 0.3) is 0 Å². The second-order valence-electron chi connectivity index (χ2n) is 7.68. The number of carbonyl (C=O) groups excluding carboxylic acids is 1. The first kappa shape index (κ1) is 17.9. The molecule has 5 heteroatoms. The van der Waals surface area contributed by atoms with Gasteiger partial charge < -0.3 is 4.90 Å². The van der Waals surface area contributed by atoms with Crippen LogP contribution >= 0.6 is 0 Å². The van der Waals surface area contributed by atoms with Crippen molar-refractivity contribution in [2.75, 3.05) is 0 Å². The summed E-state index contributed by atoms with van der Waals surface area (Å²) in [5.74, 6) is 1.33. The molecule has 2 fully saturated rings. The molecular weight excluding hydrogens is 316 g/mol. The van der Waals surface area contributed by atoms with Crippen molar-refractivity contribution in [3.8, 4) is 0 Å². The van der Waals surface area contributed by atoms with Crippen LogP contribution in [0.1, 0.15) is 69.2 Å². The summed E-state index contributed by atoms with van der Waals surface area (Å²) in [6.07, 6.45) is 7.95. The van der Waals surface area contributed by atoms with Crippen molar-refractivity contribution >= 4 is 11.6 Å². The molecule has 0 spiro atoms. The standard InChI is InChI=1S/C20H28N2O3/c1-3-5-16-12-13-18-14(2)6-4-7-19(18)21(16)20(23)15-8-10-17(11-9-15)22(24)25/h8-11,14,16,18-19H,3-7,12-13H2,1-2H3/t14-,16+,18+,19+/m1/s1. The highest BCUT2D eigenvalue weighted by Gasteiger charge is 2.43. The Labute approximate surface area is 149 Å². The van der Waals surface area contributed by atoms with Gasteiger partial charge >= 0.3 is 0 Å². The number of non-ortho nitro benzene ring substituents is 1. The van der Waals surface area contributed by atoms with Gasteiger partial charge in [0.2, 0.25) is 0 Å². The van der Waals surface area contributed by atoms with E-state index in [1.165, 1.54) is 31.4 Å². The number of amides is 1. The van der Waals surface area contributed by atoms with Crippen molar-refractivity contribution in [2.24, 2.45) is 11.8 Å². The van der Waals surface area contributed by atoms with Gasteiger partial charge in [-0.15, -0.1) is 0 Å². The van der Waals surface area contributed by atoms with E-state index in [0.29, 0.717) is 29.5 Å². The molecule has 1 aromatic carbocycles. The van der Waals surface area contributed by atoms with E-state index in [0.717, 1.165) is 25.7 Å². The Bertz CT molecular complexity index is 628. The van der Waals surface area contributed by atoms with Crippen LogP contribution in [-0.4, -0.2) is 27.8 Å². The van der Waals surface area contributed by atoms with E-state index in [2.05, 4.69) is 18.7 Å². The Hall–Kier alpha value is -1.91. The van der Waals surface area contributed by atoms with E-state index < -0.39 is 4.92 Å². The molecule has 0 radical (unpaired) electrons. The topological polar surface area (TPSA) is 63.5 Å². The molecule has 0 bridgehead atoms. The average molecular weight is 344 g/mol. The average Bonchev–Trinajstić information content (AvgIpc) is 2.61. The normalized spacial score (nSPS) is 29.1. The quantitative estimate of drug-likeness (QED) is 0.582. The third kappa shape index (κ3) is 3.55. The minimum absolute atomic E-state index is 0.0319. The van der Waals surface area contributed by atoms with Crippen LogP contribution in [0.5, 0.6) is 0 Å². The summed E-state index contributed by atoms with van der Waals surface area (Å²) < 4.78 is 0. The van der Waals surface area contributed by atoms with E-state index in [1.54, 1.807) is 12.1 Å². The minimum atomic E-state index is -0.423. The zero-order chi connectivity index (χ0) is 18.0. The first-order chi connectivity index (χ1) is 12.0. The SMILES string of the molecule is CCC[C@H]1CC[C@H]2[C@H](C)CCC[C@@H]2N1C(=O)c1ccc([N+](=O)[O-])cc1. The van der Waals surface area contributed by atoms with Crippen molar-refractivity contribution in [3.63, 3.8) is 0 Å². The molecule has 1 amide bonds. The largest absolute Gasteiger partial charge is 0.332 e. The van der Waals surface area contributed by atoms with Gasteiger partial charge in [-0.3, -0.25) is 14.9 Å². The van der Waals surface area contributed by atoms with Gasteiger partial charge in [0.15, 0.2) is 0 Å². The molecule has 1 saturated carbocycles. The van der Waals surface area contributed by atoms with Crippen LogP contribution in [0, 0.1) is 22.0 Å². The van der Waals surface area contributed by atoms with Crippen LogP contribution in [0.3, 0.4) is 0 Å². The fourth-order valence-electron chi connectivity index (χ4n) is 4.88. The molecule has 25 heavy (non-hydrogen) atoms. The lowest BCUT2D eigenvalue weighted by Crippen LogP contribution is -2.56. The Balaban J connectivity index is 1.88. The van der Waals surface area contributed by atoms with Crippen molar-refractivity contribution in [2.45, 2.75) is 70.9 Å². The second kappa shape index (κ2) is 7.54. The van der Waals surface area contributed by atoms with Crippen LogP contribution < -0.4 is 0 Å². The fraction of sp³-hybridized carbons (Fsp3) is 0.650. The van der Waals surface area contributed by atoms with Gasteiger partial charge in [-0.1, -0.05) is 33.1 Å².